The summed E-state index contributed by atoms with van der Waals surface area (Å²) < 4.78 is 24.0. The van der Waals surface area contributed by atoms with Gasteiger partial charge in [-0.2, -0.15) is 0 Å². The molecule has 2 aromatic rings. The van der Waals surface area contributed by atoms with E-state index in [4.69, 9.17) is 16.7 Å². The first-order valence-electron chi connectivity index (χ1n) is 6.92. The molecule has 0 aliphatic heterocycles. The van der Waals surface area contributed by atoms with Crippen LogP contribution in [-0.4, -0.2) is 31.3 Å². The van der Waals surface area contributed by atoms with Gasteiger partial charge in [0.2, 0.25) is 0 Å². The predicted octanol–water partition coefficient (Wildman–Crippen LogP) is 0.986. The first kappa shape index (κ1) is 19.4. The number of carbonyl (C=O) groups is 3. The molecule has 0 spiro atoms. The highest BCUT2D eigenvalue weighted by molar-refractivity contribution is 7.89. The number of carboxylic acids is 1. The minimum atomic E-state index is -4.11. The molecule has 0 bridgehead atoms. The molecule has 0 unspecified atom stereocenters. The van der Waals surface area contributed by atoms with Crippen LogP contribution in [0.15, 0.2) is 53.4 Å². The molecule has 0 radical (unpaired) electrons. The second kappa shape index (κ2) is 7.95. The summed E-state index contributed by atoms with van der Waals surface area (Å²) in [4.78, 5) is 36.2. The Morgan fingerprint density at radius 1 is 0.923 bits per heavy atom. The standard InChI is InChI=1S/C15H12ClN3O6S/c16-9-5-7-10(8-6-9)26(24,25)19-18-14(21)13(20)17-12-4-2-1-3-11(12)15(22)23/h1-8,19H,(H,17,20)(H,18,21)(H,22,23). The highest BCUT2D eigenvalue weighted by Gasteiger charge is 2.20. The maximum absolute atomic E-state index is 12.0. The molecule has 0 aliphatic carbocycles. The quantitative estimate of drug-likeness (QED) is 0.437. The highest BCUT2D eigenvalue weighted by Crippen LogP contribution is 2.15. The molecule has 26 heavy (non-hydrogen) atoms. The van der Waals surface area contributed by atoms with Crippen LogP contribution < -0.4 is 15.6 Å². The minimum absolute atomic E-state index is 0.110. The summed E-state index contributed by atoms with van der Waals surface area (Å²) in [5.41, 5.74) is 1.40. The van der Waals surface area contributed by atoms with E-state index >= 15 is 0 Å². The normalized spacial score (nSPS) is 10.8. The minimum Gasteiger partial charge on any atom is -0.478 e. The van der Waals surface area contributed by atoms with Gasteiger partial charge in [-0.15, -0.1) is 4.83 Å². The number of carbonyl (C=O) groups excluding carboxylic acids is 2. The van der Waals surface area contributed by atoms with Gasteiger partial charge < -0.3 is 10.4 Å². The molecule has 11 heteroatoms. The molecule has 0 fully saturated rings. The number of carboxylic acid groups (broad SMARTS) is 1. The van der Waals surface area contributed by atoms with Gasteiger partial charge in [-0.1, -0.05) is 23.7 Å². The summed E-state index contributed by atoms with van der Waals surface area (Å²) in [6, 6.07) is 10.5. The highest BCUT2D eigenvalue weighted by atomic mass is 35.5. The number of halogens is 1. The van der Waals surface area contributed by atoms with E-state index in [2.05, 4.69) is 5.32 Å². The van der Waals surface area contributed by atoms with Crippen LogP contribution in [0, 0.1) is 0 Å². The SMILES string of the molecule is O=C(NNS(=O)(=O)c1ccc(Cl)cc1)C(=O)Nc1ccccc1C(=O)O. The van der Waals surface area contributed by atoms with E-state index in [0.29, 0.717) is 5.02 Å². The summed E-state index contributed by atoms with van der Waals surface area (Å²) in [5.74, 6) is -3.88. The topological polar surface area (TPSA) is 142 Å². The third-order valence-corrected chi connectivity index (χ3v) is 4.55. The Labute approximate surface area is 153 Å². The summed E-state index contributed by atoms with van der Waals surface area (Å²) in [6.45, 7) is 0. The third kappa shape index (κ3) is 4.79. The van der Waals surface area contributed by atoms with Crippen LogP contribution in [0.3, 0.4) is 0 Å². The van der Waals surface area contributed by atoms with Crippen LogP contribution in [0.2, 0.25) is 5.02 Å². The lowest BCUT2D eigenvalue weighted by molar-refractivity contribution is -0.136. The number of hydrogen-bond acceptors (Lipinski definition) is 5. The maximum Gasteiger partial charge on any atom is 0.337 e. The zero-order valence-corrected chi connectivity index (χ0v) is 14.5. The van der Waals surface area contributed by atoms with Gasteiger partial charge in [0.05, 0.1) is 16.1 Å². The van der Waals surface area contributed by atoms with Crippen LogP contribution >= 0.6 is 11.6 Å². The van der Waals surface area contributed by atoms with Crippen LogP contribution in [-0.2, 0) is 19.6 Å². The Bertz CT molecular complexity index is 960. The largest absolute Gasteiger partial charge is 0.478 e. The second-order valence-corrected chi connectivity index (χ2v) is 6.94. The Morgan fingerprint density at radius 2 is 1.54 bits per heavy atom. The van der Waals surface area contributed by atoms with Gasteiger partial charge in [0, 0.05) is 5.02 Å². The van der Waals surface area contributed by atoms with Crippen molar-refractivity contribution in [2.24, 2.45) is 0 Å². The van der Waals surface area contributed by atoms with Gasteiger partial charge in [-0.05, 0) is 36.4 Å². The first-order chi connectivity index (χ1) is 12.2. The molecule has 0 atom stereocenters. The Kier molecular flexibility index (Phi) is 5.93. The maximum atomic E-state index is 12.0. The van der Waals surface area contributed by atoms with Crippen LogP contribution in [0.4, 0.5) is 5.69 Å². The van der Waals surface area contributed by atoms with Gasteiger partial charge >= 0.3 is 17.8 Å². The van der Waals surface area contributed by atoms with Crippen molar-refractivity contribution in [2.75, 3.05) is 5.32 Å². The molecular weight excluding hydrogens is 386 g/mol. The fourth-order valence-corrected chi connectivity index (χ4v) is 2.77. The number of benzene rings is 2. The van der Waals surface area contributed by atoms with Crippen molar-refractivity contribution in [1.29, 1.82) is 0 Å². The number of anilines is 1. The number of aromatic carboxylic acids is 1. The zero-order valence-electron chi connectivity index (χ0n) is 12.9. The number of para-hydroxylation sites is 1. The van der Waals surface area contributed by atoms with Crippen molar-refractivity contribution >= 4 is 45.1 Å². The lowest BCUT2D eigenvalue weighted by atomic mass is 10.2. The molecule has 0 saturated heterocycles. The number of hydrazine groups is 1. The number of sulfonamides is 1. The molecule has 0 heterocycles. The average molecular weight is 398 g/mol. The van der Waals surface area contributed by atoms with E-state index in [0.717, 1.165) is 0 Å². The molecule has 9 nitrogen and oxygen atoms in total. The Morgan fingerprint density at radius 3 is 2.15 bits per heavy atom. The summed E-state index contributed by atoms with van der Waals surface area (Å²) in [5, 5.41) is 11.4. The van der Waals surface area contributed by atoms with Crippen molar-refractivity contribution in [3.63, 3.8) is 0 Å². The summed E-state index contributed by atoms with van der Waals surface area (Å²) in [7, 11) is -4.11. The van der Waals surface area contributed by atoms with Gasteiger partial charge in [-0.25, -0.2) is 13.2 Å². The van der Waals surface area contributed by atoms with Crippen molar-refractivity contribution in [3.8, 4) is 0 Å². The van der Waals surface area contributed by atoms with Gasteiger partial charge in [0.15, 0.2) is 0 Å². The van der Waals surface area contributed by atoms with E-state index < -0.39 is 27.8 Å². The molecule has 2 rings (SSSR count). The fraction of sp³-hybridized carbons (Fsp3) is 0. The van der Waals surface area contributed by atoms with Crippen molar-refractivity contribution in [1.82, 2.24) is 10.3 Å². The number of rotatable bonds is 5. The third-order valence-electron chi connectivity index (χ3n) is 3.03. The van der Waals surface area contributed by atoms with Gasteiger partial charge in [-0.3, -0.25) is 15.0 Å². The lowest BCUT2D eigenvalue weighted by Gasteiger charge is -2.10. The van der Waals surface area contributed by atoms with Crippen LogP contribution in [0.1, 0.15) is 10.4 Å². The molecule has 136 valence electrons. The van der Waals surface area contributed by atoms with Crippen LogP contribution in [0.25, 0.3) is 0 Å². The van der Waals surface area contributed by atoms with Crippen molar-refractivity contribution < 1.29 is 27.9 Å². The zero-order chi connectivity index (χ0) is 19.3. The molecule has 0 saturated carbocycles. The lowest BCUT2D eigenvalue weighted by Crippen LogP contribution is -2.46. The average Bonchev–Trinajstić information content (AvgIpc) is 2.60. The summed E-state index contributed by atoms with van der Waals surface area (Å²) in [6.07, 6.45) is 0. The molecular formula is C15H12ClN3O6S. The Hall–Kier alpha value is -2.95. The van der Waals surface area contributed by atoms with Crippen LogP contribution in [0.5, 0.6) is 0 Å². The Balaban J connectivity index is 2.03. The molecule has 0 aliphatic rings. The predicted molar refractivity (Wildman–Crippen MR) is 91.9 cm³/mol. The fourth-order valence-electron chi connectivity index (χ4n) is 1.80. The summed E-state index contributed by atoms with van der Waals surface area (Å²) >= 11 is 5.66. The molecule has 2 amide bonds. The van der Waals surface area contributed by atoms with Gasteiger partial charge in [0.1, 0.15) is 0 Å². The van der Waals surface area contributed by atoms with E-state index in [9.17, 15) is 22.8 Å². The van der Waals surface area contributed by atoms with Crippen molar-refractivity contribution in [2.45, 2.75) is 4.90 Å². The number of amides is 2. The smallest absolute Gasteiger partial charge is 0.337 e. The molecule has 0 aromatic heterocycles. The van der Waals surface area contributed by atoms with Gasteiger partial charge in [0.25, 0.3) is 10.0 Å². The monoisotopic (exact) mass is 397 g/mol. The van der Waals surface area contributed by atoms with E-state index in [1.54, 1.807) is 10.3 Å². The van der Waals surface area contributed by atoms with E-state index in [1.165, 1.54) is 48.5 Å². The molecule has 2 aromatic carbocycles. The van der Waals surface area contributed by atoms with Crippen molar-refractivity contribution in [3.05, 3.63) is 59.1 Å². The second-order valence-electron chi connectivity index (χ2n) is 4.82. The van der Waals surface area contributed by atoms with E-state index in [-0.39, 0.29) is 16.1 Å². The number of nitrogens with one attached hydrogen (secondary N) is 3. The number of hydrogen-bond donors (Lipinski definition) is 4. The van der Waals surface area contributed by atoms with E-state index in [1.807, 2.05) is 0 Å². The molecule has 4 N–H and O–H groups in total. The first-order valence-corrected chi connectivity index (χ1v) is 8.78.